The molecule has 18 heavy (non-hydrogen) atoms. The minimum Gasteiger partial charge on any atom is -0.372 e. The van der Waals surface area contributed by atoms with E-state index in [1.165, 1.54) is 6.42 Å². The Labute approximate surface area is 108 Å². The summed E-state index contributed by atoms with van der Waals surface area (Å²) < 4.78 is 0. The van der Waals surface area contributed by atoms with Gasteiger partial charge in [0.05, 0.1) is 0 Å². The molecule has 1 N–H and O–H groups in total. The summed E-state index contributed by atoms with van der Waals surface area (Å²) in [5.41, 5.74) is 0.426. The van der Waals surface area contributed by atoms with Gasteiger partial charge in [-0.25, -0.2) is 0 Å². The van der Waals surface area contributed by atoms with E-state index in [2.05, 4.69) is 29.4 Å². The van der Waals surface area contributed by atoms with Crippen molar-refractivity contribution in [2.75, 3.05) is 12.4 Å². The highest BCUT2D eigenvalue weighted by Crippen LogP contribution is 2.24. The number of hydrogen-bond donors (Lipinski definition) is 1. The van der Waals surface area contributed by atoms with Crippen molar-refractivity contribution >= 4 is 11.7 Å². The third-order valence-electron chi connectivity index (χ3n) is 3.57. The van der Waals surface area contributed by atoms with Crippen LogP contribution in [-0.4, -0.2) is 40.1 Å². The maximum absolute atomic E-state index is 12.4. The summed E-state index contributed by atoms with van der Waals surface area (Å²) >= 11 is 0. The van der Waals surface area contributed by atoms with Crippen molar-refractivity contribution in [2.45, 2.75) is 45.2 Å². The molecule has 0 spiro atoms. The Balaban J connectivity index is 2.18. The van der Waals surface area contributed by atoms with Crippen LogP contribution in [0.3, 0.4) is 0 Å². The van der Waals surface area contributed by atoms with Crippen molar-refractivity contribution in [2.24, 2.45) is 0 Å². The van der Waals surface area contributed by atoms with Gasteiger partial charge >= 0.3 is 0 Å². The molecule has 5 nitrogen and oxygen atoms in total. The second-order valence-corrected chi connectivity index (χ2v) is 4.90. The zero-order valence-corrected chi connectivity index (χ0v) is 11.2. The van der Waals surface area contributed by atoms with Gasteiger partial charge in [-0.2, -0.15) is 0 Å². The van der Waals surface area contributed by atoms with E-state index >= 15 is 0 Å². The summed E-state index contributed by atoms with van der Waals surface area (Å²) in [5, 5.41) is 10.8. The molecule has 2 atom stereocenters. The molecule has 0 radical (unpaired) electrons. The third kappa shape index (κ3) is 2.44. The van der Waals surface area contributed by atoms with Gasteiger partial charge < -0.3 is 10.2 Å². The summed E-state index contributed by atoms with van der Waals surface area (Å²) in [6.45, 7) is 4.20. The maximum Gasteiger partial charge on any atom is 0.274 e. The van der Waals surface area contributed by atoms with Crippen LogP contribution >= 0.6 is 0 Å². The molecule has 1 fully saturated rings. The van der Waals surface area contributed by atoms with E-state index in [-0.39, 0.29) is 18.0 Å². The van der Waals surface area contributed by atoms with Crippen molar-refractivity contribution < 1.29 is 4.79 Å². The molecule has 0 aliphatic carbocycles. The summed E-state index contributed by atoms with van der Waals surface area (Å²) in [6.07, 6.45) is 3.33. The number of carbonyl (C=O) groups excluding carboxylic acids is 1. The van der Waals surface area contributed by atoms with Crippen LogP contribution in [0.25, 0.3) is 0 Å². The van der Waals surface area contributed by atoms with Crippen LogP contribution < -0.4 is 5.32 Å². The number of piperidine rings is 1. The number of anilines is 1. The molecule has 0 unspecified atom stereocenters. The number of aromatic nitrogens is 2. The number of nitrogens with zero attached hydrogens (tertiary/aromatic N) is 3. The monoisotopic (exact) mass is 248 g/mol. The van der Waals surface area contributed by atoms with E-state index in [9.17, 15) is 4.79 Å². The Kier molecular flexibility index (Phi) is 3.79. The first-order valence-corrected chi connectivity index (χ1v) is 6.47. The zero-order chi connectivity index (χ0) is 13.1. The van der Waals surface area contributed by atoms with E-state index in [0.717, 1.165) is 12.8 Å². The number of amides is 1. The Hall–Kier alpha value is -1.65. The van der Waals surface area contributed by atoms with Crippen molar-refractivity contribution in [3.05, 3.63) is 17.8 Å². The lowest BCUT2D eigenvalue weighted by Gasteiger charge is -2.38. The number of hydrogen-bond acceptors (Lipinski definition) is 4. The molecule has 0 aromatic carbocycles. The van der Waals surface area contributed by atoms with Crippen LogP contribution in [-0.2, 0) is 0 Å². The lowest BCUT2D eigenvalue weighted by molar-refractivity contribution is 0.0503. The smallest absolute Gasteiger partial charge is 0.274 e. The molecule has 1 aliphatic rings. The van der Waals surface area contributed by atoms with Crippen LogP contribution in [0.5, 0.6) is 0 Å². The first kappa shape index (κ1) is 12.8. The summed E-state index contributed by atoms with van der Waals surface area (Å²) in [5.74, 6) is 0.663. The number of rotatable bonds is 2. The van der Waals surface area contributed by atoms with Crippen LogP contribution in [0, 0.1) is 0 Å². The average Bonchev–Trinajstić information content (AvgIpc) is 2.38. The van der Waals surface area contributed by atoms with Gasteiger partial charge in [0.1, 0.15) is 5.82 Å². The Morgan fingerprint density at radius 3 is 2.44 bits per heavy atom. The van der Waals surface area contributed by atoms with E-state index in [1.807, 2.05) is 4.90 Å². The van der Waals surface area contributed by atoms with Gasteiger partial charge in [-0.3, -0.25) is 4.79 Å². The molecule has 1 aromatic heterocycles. The quantitative estimate of drug-likeness (QED) is 0.868. The molecule has 1 saturated heterocycles. The summed E-state index contributed by atoms with van der Waals surface area (Å²) in [6, 6.07) is 4.08. The fourth-order valence-electron chi connectivity index (χ4n) is 2.53. The van der Waals surface area contributed by atoms with E-state index < -0.39 is 0 Å². The van der Waals surface area contributed by atoms with Gasteiger partial charge in [0.15, 0.2) is 5.69 Å². The van der Waals surface area contributed by atoms with Gasteiger partial charge in [-0.1, -0.05) is 0 Å². The summed E-state index contributed by atoms with van der Waals surface area (Å²) in [4.78, 5) is 14.4. The molecule has 2 heterocycles. The van der Waals surface area contributed by atoms with E-state index in [0.29, 0.717) is 11.5 Å². The molecular weight excluding hydrogens is 228 g/mol. The van der Waals surface area contributed by atoms with Crippen LogP contribution in [0.4, 0.5) is 5.82 Å². The predicted octanol–water partition coefficient (Wildman–Crippen LogP) is 1.92. The third-order valence-corrected chi connectivity index (χ3v) is 3.57. The molecule has 1 amide bonds. The number of likely N-dealkylation sites (tertiary alicyclic amines) is 1. The van der Waals surface area contributed by atoms with Gasteiger partial charge in [0.2, 0.25) is 0 Å². The van der Waals surface area contributed by atoms with Crippen LogP contribution in [0.15, 0.2) is 12.1 Å². The molecule has 1 aromatic rings. The van der Waals surface area contributed by atoms with Crippen LogP contribution in [0.2, 0.25) is 0 Å². The van der Waals surface area contributed by atoms with Crippen molar-refractivity contribution in [3.8, 4) is 0 Å². The normalized spacial score (nSPS) is 23.8. The first-order valence-electron chi connectivity index (χ1n) is 6.47. The minimum absolute atomic E-state index is 0.00940. The fourth-order valence-corrected chi connectivity index (χ4v) is 2.53. The van der Waals surface area contributed by atoms with Crippen molar-refractivity contribution in [1.82, 2.24) is 15.1 Å². The standard InChI is InChI=1S/C13H20N4O/c1-9-5-4-6-10(2)17(9)13(18)11-7-8-12(14-3)16-15-11/h7-10H,4-6H2,1-3H3,(H,14,16)/t9-,10+. The first-order chi connectivity index (χ1) is 8.63. The second kappa shape index (κ2) is 5.33. The molecular formula is C13H20N4O. The van der Waals surface area contributed by atoms with Crippen molar-refractivity contribution in [3.63, 3.8) is 0 Å². The molecule has 2 rings (SSSR count). The second-order valence-electron chi connectivity index (χ2n) is 4.90. The molecule has 1 aliphatic heterocycles. The number of nitrogens with one attached hydrogen (secondary N) is 1. The highest BCUT2D eigenvalue weighted by molar-refractivity contribution is 5.92. The largest absolute Gasteiger partial charge is 0.372 e. The van der Waals surface area contributed by atoms with Crippen molar-refractivity contribution in [1.29, 1.82) is 0 Å². The van der Waals surface area contributed by atoms with Gasteiger partial charge in [-0.15, -0.1) is 10.2 Å². The molecule has 98 valence electrons. The average molecular weight is 248 g/mol. The Morgan fingerprint density at radius 2 is 1.94 bits per heavy atom. The predicted molar refractivity (Wildman–Crippen MR) is 70.5 cm³/mol. The SMILES string of the molecule is CNc1ccc(C(=O)N2[C@H](C)CCC[C@@H]2C)nn1. The van der Waals surface area contributed by atoms with E-state index in [4.69, 9.17) is 0 Å². The lowest BCUT2D eigenvalue weighted by atomic mass is 9.97. The summed E-state index contributed by atoms with van der Waals surface area (Å²) in [7, 11) is 1.78. The van der Waals surface area contributed by atoms with E-state index in [1.54, 1.807) is 19.2 Å². The highest BCUT2D eigenvalue weighted by atomic mass is 16.2. The number of carbonyl (C=O) groups is 1. The minimum atomic E-state index is -0.00940. The van der Waals surface area contributed by atoms with Gasteiger partial charge in [0, 0.05) is 19.1 Å². The fraction of sp³-hybridized carbons (Fsp3) is 0.615. The molecule has 0 bridgehead atoms. The Bertz CT molecular complexity index is 408. The Morgan fingerprint density at radius 1 is 1.28 bits per heavy atom. The maximum atomic E-state index is 12.4. The van der Waals surface area contributed by atoms with Gasteiger partial charge in [-0.05, 0) is 45.2 Å². The lowest BCUT2D eigenvalue weighted by Crippen LogP contribution is -2.47. The zero-order valence-electron chi connectivity index (χ0n) is 11.2. The highest BCUT2D eigenvalue weighted by Gasteiger charge is 2.30. The molecule has 0 saturated carbocycles. The van der Waals surface area contributed by atoms with Gasteiger partial charge in [0.25, 0.3) is 5.91 Å². The van der Waals surface area contributed by atoms with Crippen LogP contribution in [0.1, 0.15) is 43.6 Å². The molecule has 5 heteroatoms. The topological polar surface area (TPSA) is 58.1 Å².